The molecule has 0 aromatic heterocycles. The van der Waals surface area contributed by atoms with E-state index in [0.717, 1.165) is 12.1 Å². The van der Waals surface area contributed by atoms with Crippen LogP contribution in [0.3, 0.4) is 0 Å². The summed E-state index contributed by atoms with van der Waals surface area (Å²) < 4.78 is 53.3. The van der Waals surface area contributed by atoms with Crippen molar-refractivity contribution >= 4 is 21.6 Å². The van der Waals surface area contributed by atoms with Gasteiger partial charge in [0.1, 0.15) is 11.6 Å². The van der Waals surface area contributed by atoms with Gasteiger partial charge in [0.15, 0.2) is 0 Å². The molecule has 0 spiro atoms. The minimum Gasteiger partial charge on any atom is -0.323 e. The Hall–Kier alpha value is -2.32. The summed E-state index contributed by atoms with van der Waals surface area (Å²) in [5.41, 5.74) is -0.126. The van der Waals surface area contributed by atoms with Crippen molar-refractivity contribution < 1.29 is 22.0 Å². The molecule has 1 aliphatic rings. The summed E-state index contributed by atoms with van der Waals surface area (Å²) in [6.07, 6.45) is 1.02. The molecule has 1 N–H and O–H groups in total. The second-order valence-electron chi connectivity index (χ2n) is 6.13. The van der Waals surface area contributed by atoms with Crippen LogP contribution >= 0.6 is 0 Å². The molecular formula is C18H18F2N2O3S. The van der Waals surface area contributed by atoms with Gasteiger partial charge in [-0.05, 0) is 37.1 Å². The molecule has 1 aliphatic heterocycles. The lowest BCUT2D eigenvalue weighted by atomic mass is 9.98. The van der Waals surface area contributed by atoms with Crippen molar-refractivity contribution in [2.24, 2.45) is 5.92 Å². The van der Waals surface area contributed by atoms with Crippen LogP contribution in [0.2, 0.25) is 0 Å². The van der Waals surface area contributed by atoms with E-state index in [1.54, 1.807) is 18.2 Å². The van der Waals surface area contributed by atoms with E-state index < -0.39 is 33.5 Å². The fourth-order valence-corrected chi connectivity index (χ4v) is 4.49. The molecule has 26 heavy (non-hydrogen) atoms. The summed E-state index contributed by atoms with van der Waals surface area (Å²) in [4.78, 5) is 12.6. The Labute approximate surface area is 150 Å². The number of anilines is 1. The van der Waals surface area contributed by atoms with Crippen LogP contribution < -0.4 is 5.32 Å². The van der Waals surface area contributed by atoms with Gasteiger partial charge in [-0.3, -0.25) is 4.79 Å². The van der Waals surface area contributed by atoms with Crippen molar-refractivity contribution in [3.05, 3.63) is 60.2 Å². The fraction of sp³-hybridized carbons (Fsp3) is 0.278. The average molecular weight is 380 g/mol. The molecule has 1 heterocycles. The predicted octanol–water partition coefficient (Wildman–Crippen LogP) is 3.00. The number of nitrogens with one attached hydrogen (secondary N) is 1. The van der Waals surface area contributed by atoms with Crippen molar-refractivity contribution in [3.8, 4) is 0 Å². The van der Waals surface area contributed by atoms with Crippen LogP contribution in [-0.2, 0) is 14.8 Å². The Morgan fingerprint density at radius 1 is 1.12 bits per heavy atom. The number of sulfonamides is 1. The third kappa shape index (κ3) is 3.91. The van der Waals surface area contributed by atoms with Crippen LogP contribution in [0.25, 0.3) is 0 Å². The van der Waals surface area contributed by atoms with E-state index in [2.05, 4.69) is 5.32 Å². The first kappa shape index (κ1) is 18.5. The largest absolute Gasteiger partial charge is 0.323 e. The van der Waals surface area contributed by atoms with Crippen molar-refractivity contribution in [1.82, 2.24) is 4.31 Å². The van der Waals surface area contributed by atoms with Crippen LogP contribution in [0.5, 0.6) is 0 Å². The molecule has 5 nitrogen and oxygen atoms in total. The first-order chi connectivity index (χ1) is 12.4. The van der Waals surface area contributed by atoms with Gasteiger partial charge < -0.3 is 5.32 Å². The first-order valence-electron chi connectivity index (χ1n) is 8.19. The lowest BCUT2D eigenvalue weighted by Crippen LogP contribution is -2.43. The van der Waals surface area contributed by atoms with E-state index in [0.29, 0.717) is 25.5 Å². The SMILES string of the molecule is O=C(Nc1ccc(F)cc1F)[C@@H]1CCCN(S(=O)(=O)c2ccccc2)C1. The molecule has 0 radical (unpaired) electrons. The molecule has 2 aromatic carbocycles. The van der Waals surface area contributed by atoms with E-state index in [-0.39, 0.29) is 17.1 Å². The highest BCUT2D eigenvalue weighted by Crippen LogP contribution is 2.25. The van der Waals surface area contributed by atoms with Crippen molar-refractivity contribution in [1.29, 1.82) is 0 Å². The Balaban J connectivity index is 1.73. The summed E-state index contributed by atoms with van der Waals surface area (Å²) in [6.45, 7) is 0.345. The summed E-state index contributed by atoms with van der Waals surface area (Å²) in [5.74, 6) is -2.70. The zero-order chi connectivity index (χ0) is 18.7. The van der Waals surface area contributed by atoms with E-state index in [4.69, 9.17) is 0 Å². The molecule has 0 aliphatic carbocycles. The van der Waals surface area contributed by atoms with Crippen molar-refractivity contribution in [2.45, 2.75) is 17.7 Å². The minimum atomic E-state index is -3.69. The van der Waals surface area contributed by atoms with Crippen molar-refractivity contribution in [3.63, 3.8) is 0 Å². The molecule has 1 saturated heterocycles. The van der Waals surface area contributed by atoms with Crippen LogP contribution in [0.1, 0.15) is 12.8 Å². The van der Waals surface area contributed by atoms with Gasteiger partial charge in [0, 0.05) is 19.2 Å². The number of hydrogen-bond acceptors (Lipinski definition) is 3. The number of amides is 1. The summed E-state index contributed by atoms with van der Waals surface area (Å²) in [6, 6.07) is 10.9. The molecule has 0 unspecified atom stereocenters. The van der Waals surface area contributed by atoms with Crippen molar-refractivity contribution in [2.75, 3.05) is 18.4 Å². The van der Waals surface area contributed by atoms with E-state index >= 15 is 0 Å². The van der Waals surface area contributed by atoms with E-state index in [1.807, 2.05) is 0 Å². The zero-order valence-corrected chi connectivity index (χ0v) is 14.7. The molecule has 138 valence electrons. The molecule has 3 rings (SSSR count). The maximum atomic E-state index is 13.7. The maximum absolute atomic E-state index is 13.7. The number of rotatable bonds is 4. The summed E-state index contributed by atoms with van der Waals surface area (Å²) >= 11 is 0. The molecule has 2 aromatic rings. The lowest BCUT2D eigenvalue weighted by Gasteiger charge is -2.31. The van der Waals surface area contributed by atoms with Gasteiger partial charge in [0.2, 0.25) is 15.9 Å². The monoisotopic (exact) mass is 380 g/mol. The smallest absolute Gasteiger partial charge is 0.243 e. The average Bonchev–Trinajstić information content (AvgIpc) is 2.65. The highest BCUT2D eigenvalue weighted by molar-refractivity contribution is 7.89. The molecule has 0 saturated carbocycles. The minimum absolute atomic E-state index is 0.0197. The molecule has 1 atom stereocenters. The second-order valence-corrected chi connectivity index (χ2v) is 8.07. The van der Waals surface area contributed by atoms with Gasteiger partial charge in [0.05, 0.1) is 16.5 Å². The normalized spacial score (nSPS) is 18.5. The maximum Gasteiger partial charge on any atom is 0.243 e. The third-order valence-electron chi connectivity index (χ3n) is 4.32. The quantitative estimate of drug-likeness (QED) is 0.887. The van der Waals surface area contributed by atoms with Crippen LogP contribution in [-0.4, -0.2) is 31.7 Å². The van der Waals surface area contributed by atoms with Gasteiger partial charge in [-0.25, -0.2) is 17.2 Å². The van der Waals surface area contributed by atoms with Gasteiger partial charge >= 0.3 is 0 Å². The highest BCUT2D eigenvalue weighted by Gasteiger charge is 2.33. The molecule has 1 amide bonds. The zero-order valence-electron chi connectivity index (χ0n) is 13.9. The first-order valence-corrected chi connectivity index (χ1v) is 9.63. The number of hydrogen-bond donors (Lipinski definition) is 1. The Morgan fingerprint density at radius 3 is 2.54 bits per heavy atom. The highest BCUT2D eigenvalue weighted by atomic mass is 32.2. The number of nitrogens with zero attached hydrogens (tertiary/aromatic N) is 1. The topological polar surface area (TPSA) is 66.5 Å². The number of piperidine rings is 1. The Morgan fingerprint density at radius 2 is 1.85 bits per heavy atom. The van der Waals surface area contributed by atoms with Gasteiger partial charge in [-0.1, -0.05) is 18.2 Å². The second kappa shape index (κ2) is 7.51. The summed E-state index contributed by atoms with van der Waals surface area (Å²) in [7, 11) is -3.69. The van der Waals surface area contributed by atoms with Crippen LogP contribution in [0.15, 0.2) is 53.4 Å². The third-order valence-corrected chi connectivity index (χ3v) is 6.20. The lowest BCUT2D eigenvalue weighted by molar-refractivity contribution is -0.120. The number of halogens is 2. The predicted molar refractivity (Wildman–Crippen MR) is 92.9 cm³/mol. The van der Waals surface area contributed by atoms with Gasteiger partial charge in [-0.15, -0.1) is 0 Å². The number of carbonyl (C=O) groups is 1. The fourth-order valence-electron chi connectivity index (χ4n) is 2.94. The van der Waals surface area contributed by atoms with E-state index in [9.17, 15) is 22.0 Å². The Kier molecular flexibility index (Phi) is 5.33. The molecule has 1 fully saturated rings. The van der Waals surface area contributed by atoms with Crippen LogP contribution in [0, 0.1) is 17.6 Å². The number of carbonyl (C=O) groups excluding carboxylic acids is 1. The van der Waals surface area contributed by atoms with Gasteiger partial charge in [0.25, 0.3) is 0 Å². The van der Waals surface area contributed by atoms with Gasteiger partial charge in [-0.2, -0.15) is 4.31 Å². The molecule has 0 bridgehead atoms. The molecule has 8 heteroatoms. The summed E-state index contributed by atoms with van der Waals surface area (Å²) in [5, 5.41) is 2.42. The standard InChI is InChI=1S/C18H18F2N2O3S/c19-14-8-9-17(16(20)11-14)21-18(23)13-5-4-10-22(12-13)26(24,25)15-6-2-1-3-7-15/h1-3,6-9,11,13H,4-5,10,12H2,(H,21,23)/t13-/m1/s1. The number of benzene rings is 2. The molecular weight excluding hydrogens is 362 g/mol. The van der Waals surface area contributed by atoms with Crippen LogP contribution in [0.4, 0.5) is 14.5 Å². The van der Waals surface area contributed by atoms with E-state index in [1.165, 1.54) is 16.4 Å². The Bertz CT molecular complexity index is 904.